The largest absolute Gasteiger partial charge is 0.382 e. The molecule has 0 aliphatic heterocycles. The molecule has 21 heavy (non-hydrogen) atoms. The summed E-state index contributed by atoms with van der Waals surface area (Å²) in [6, 6.07) is 6.45. The van der Waals surface area contributed by atoms with Gasteiger partial charge in [0, 0.05) is 31.6 Å². The van der Waals surface area contributed by atoms with Crippen LogP contribution in [-0.2, 0) is 11.3 Å². The van der Waals surface area contributed by atoms with Gasteiger partial charge in [-0.3, -0.25) is 0 Å². The Balaban J connectivity index is 2.08. The molecule has 0 amide bonds. The van der Waals surface area contributed by atoms with E-state index in [4.69, 9.17) is 4.74 Å². The van der Waals surface area contributed by atoms with E-state index in [1.807, 2.05) is 13.8 Å². The second-order valence-corrected chi connectivity index (χ2v) is 5.45. The maximum atomic E-state index is 5.40. The third-order valence-corrected chi connectivity index (χ3v) is 3.27. The smallest absolute Gasteiger partial charge is 0.207 e. The standard InChI is InChI=1S/C17H25N3O/c1-5-21-8-6-7-20-12-15(4)18-17(20)19-16-10-13(2)9-14(3)11-16/h9-12H,5-8H2,1-4H3,(H,18,19). The van der Waals surface area contributed by atoms with Crippen molar-refractivity contribution in [1.82, 2.24) is 9.55 Å². The number of nitrogens with zero attached hydrogens (tertiary/aromatic N) is 2. The number of anilines is 2. The van der Waals surface area contributed by atoms with Crippen LogP contribution in [0, 0.1) is 20.8 Å². The van der Waals surface area contributed by atoms with Crippen LogP contribution in [-0.4, -0.2) is 22.8 Å². The molecule has 4 nitrogen and oxygen atoms in total. The molecule has 0 atom stereocenters. The molecular formula is C17H25N3O. The number of aryl methyl sites for hydroxylation is 4. The van der Waals surface area contributed by atoms with Gasteiger partial charge in [-0.25, -0.2) is 4.98 Å². The molecule has 0 radical (unpaired) electrons. The van der Waals surface area contributed by atoms with Crippen LogP contribution >= 0.6 is 0 Å². The summed E-state index contributed by atoms with van der Waals surface area (Å²) >= 11 is 0. The maximum Gasteiger partial charge on any atom is 0.207 e. The third-order valence-electron chi connectivity index (χ3n) is 3.27. The Morgan fingerprint density at radius 2 is 1.86 bits per heavy atom. The Labute approximate surface area is 127 Å². The highest BCUT2D eigenvalue weighted by molar-refractivity contribution is 5.56. The molecule has 114 valence electrons. The molecule has 0 saturated carbocycles. The predicted octanol–water partition coefficient (Wildman–Crippen LogP) is 3.98. The zero-order valence-electron chi connectivity index (χ0n) is 13.4. The van der Waals surface area contributed by atoms with Crippen molar-refractivity contribution in [2.24, 2.45) is 0 Å². The highest BCUT2D eigenvalue weighted by Gasteiger charge is 2.06. The fraction of sp³-hybridized carbons (Fsp3) is 0.471. The van der Waals surface area contributed by atoms with E-state index in [-0.39, 0.29) is 0 Å². The zero-order valence-corrected chi connectivity index (χ0v) is 13.4. The number of ether oxygens (including phenoxy) is 1. The predicted molar refractivity (Wildman–Crippen MR) is 87.3 cm³/mol. The minimum Gasteiger partial charge on any atom is -0.382 e. The van der Waals surface area contributed by atoms with Crippen molar-refractivity contribution in [2.45, 2.75) is 40.7 Å². The zero-order chi connectivity index (χ0) is 15.2. The van der Waals surface area contributed by atoms with Crippen molar-refractivity contribution in [1.29, 1.82) is 0 Å². The van der Waals surface area contributed by atoms with Gasteiger partial charge in [0.2, 0.25) is 5.95 Å². The lowest BCUT2D eigenvalue weighted by Crippen LogP contribution is -2.06. The van der Waals surface area contributed by atoms with Gasteiger partial charge in [-0.05, 0) is 57.4 Å². The second-order valence-electron chi connectivity index (χ2n) is 5.45. The average Bonchev–Trinajstić information content (AvgIpc) is 2.73. The number of aromatic nitrogens is 2. The van der Waals surface area contributed by atoms with Crippen molar-refractivity contribution >= 4 is 11.6 Å². The number of rotatable bonds is 7. The Morgan fingerprint density at radius 3 is 2.52 bits per heavy atom. The summed E-state index contributed by atoms with van der Waals surface area (Å²) in [6.07, 6.45) is 3.07. The molecule has 0 bridgehead atoms. The fourth-order valence-electron chi connectivity index (χ4n) is 2.47. The van der Waals surface area contributed by atoms with Crippen LogP contribution in [0.4, 0.5) is 11.6 Å². The van der Waals surface area contributed by atoms with Crippen LogP contribution in [0.2, 0.25) is 0 Å². The molecule has 0 spiro atoms. The summed E-state index contributed by atoms with van der Waals surface area (Å²) in [5.74, 6) is 0.897. The monoisotopic (exact) mass is 287 g/mol. The van der Waals surface area contributed by atoms with E-state index in [0.717, 1.165) is 43.5 Å². The first kappa shape index (κ1) is 15.6. The topological polar surface area (TPSA) is 39.1 Å². The summed E-state index contributed by atoms with van der Waals surface area (Å²) in [6.45, 7) is 10.7. The van der Waals surface area contributed by atoms with Crippen LogP contribution in [0.1, 0.15) is 30.2 Å². The van der Waals surface area contributed by atoms with E-state index in [1.165, 1.54) is 11.1 Å². The first-order chi connectivity index (χ1) is 10.1. The Hall–Kier alpha value is -1.81. The van der Waals surface area contributed by atoms with Crippen molar-refractivity contribution in [3.63, 3.8) is 0 Å². The van der Waals surface area contributed by atoms with Gasteiger partial charge in [-0.1, -0.05) is 6.07 Å². The minimum atomic E-state index is 0.774. The molecule has 0 aliphatic carbocycles. The van der Waals surface area contributed by atoms with E-state index in [0.29, 0.717) is 0 Å². The van der Waals surface area contributed by atoms with E-state index in [2.05, 4.69) is 53.1 Å². The molecule has 2 aromatic rings. The normalized spacial score (nSPS) is 10.9. The molecule has 2 rings (SSSR count). The fourth-order valence-corrected chi connectivity index (χ4v) is 2.47. The van der Waals surface area contributed by atoms with Gasteiger partial charge in [0.15, 0.2) is 0 Å². The molecule has 0 saturated heterocycles. The Morgan fingerprint density at radius 1 is 1.14 bits per heavy atom. The first-order valence-electron chi connectivity index (χ1n) is 7.55. The summed E-state index contributed by atoms with van der Waals surface area (Å²) in [7, 11) is 0. The van der Waals surface area contributed by atoms with Gasteiger partial charge in [-0.15, -0.1) is 0 Å². The highest BCUT2D eigenvalue weighted by Crippen LogP contribution is 2.19. The van der Waals surface area contributed by atoms with Crippen molar-refractivity contribution < 1.29 is 4.74 Å². The van der Waals surface area contributed by atoms with E-state index in [1.54, 1.807) is 0 Å². The molecule has 1 aromatic carbocycles. The van der Waals surface area contributed by atoms with Gasteiger partial charge >= 0.3 is 0 Å². The molecule has 1 aromatic heterocycles. The molecular weight excluding hydrogens is 262 g/mol. The van der Waals surface area contributed by atoms with Gasteiger partial charge < -0.3 is 14.6 Å². The number of benzene rings is 1. The number of hydrogen-bond donors (Lipinski definition) is 1. The van der Waals surface area contributed by atoms with Crippen molar-refractivity contribution in [3.8, 4) is 0 Å². The molecule has 1 N–H and O–H groups in total. The Bertz CT molecular complexity index is 569. The second kappa shape index (κ2) is 7.27. The lowest BCUT2D eigenvalue weighted by Gasteiger charge is -2.11. The third kappa shape index (κ3) is 4.60. The maximum absolute atomic E-state index is 5.40. The molecule has 0 fully saturated rings. The SMILES string of the molecule is CCOCCCn1cc(C)nc1Nc1cc(C)cc(C)c1. The first-order valence-corrected chi connectivity index (χ1v) is 7.55. The lowest BCUT2D eigenvalue weighted by atomic mass is 10.1. The number of imidazole rings is 1. The van der Waals surface area contributed by atoms with Crippen LogP contribution < -0.4 is 5.32 Å². The lowest BCUT2D eigenvalue weighted by molar-refractivity contribution is 0.142. The molecule has 0 aliphatic rings. The summed E-state index contributed by atoms with van der Waals surface area (Å²) in [5.41, 5.74) is 4.62. The molecule has 1 heterocycles. The van der Waals surface area contributed by atoms with E-state index >= 15 is 0 Å². The minimum absolute atomic E-state index is 0.774. The van der Waals surface area contributed by atoms with E-state index in [9.17, 15) is 0 Å². The van der Waals surface area contributed by atoms with Crippen molar-refractivity contribution in [3.05, 3.63) is 41.2 Å². The Kier molecular flexibility index (Phi) is 5.39. The summed E-state index contributed by atoms with van der Waals surface area (Å²) in [4.78, 5) is 4.58. The van der Waals surface area contributed by atoms with E-state index < -0.39 is 0 Å². The van der Waals surface area contributed by atoms with Gasteiger partial charge in [-0.2, -0.15) is 0 Å². The highest BCUT2D eigenvalue weighted by atomic mass is 16.5. The van der Waals surface area contributed by atoms with Crippen LogP contribution in [0.15, 0.2) is 24.4 Å². The number of hydrogen-bond acceptors (Lipinski definition) is 3. The molecule has 0 unspecified atom stereocenters. The van der Waals surface area contributed by atoms with Crippen LogP contribution in [0.5, 0.6) is 0 Å². The van der Waals surface area contributed by atoms with Crippen molar-refractivity contribution in [2.75, 3.05) is 18.5 Å². The van der Waals surface area contributed by atoms with Gasteiger partial charge in [0.1, 0.15) is 0 Å². The average molecular weight is 287 g/mol. The molecule has 4 heteroatoms. The summed E-state index contributed by atoms with van der Waals surface area (Å²) < 4.78 is 7.56. The summed E-state index contributed by atoms with van der Waals surface area (Å²) in [5, 5.41) is 3.43. The van der Waals surface area contributed by atoms with Gasteiger partial charge in [0.25, 0.3) is 0 Å². The quantitative estimate of drug-likeness (QED) is 0.783. The van der Waals surface area contributed by atoms with Crippen LogP contribution in [0.3, 0.4) is 0 Å². The van der Waals surface area contributed by atoms with Crippen LogP contribution in [0.25, 0.3) is 0 Å². The number of nitrogens with one attached hydrogen (secondary N) is 1. The van der Waals surface area contributed by atoms with Gasteiger partial charge in [0.05, 0.1) is 5.69 Å².